The quantitative estimate of drug-likeness (QED) is 0.885. The molecule has 0 saturated carbocycles. The number of hydrogen-bond donors (Lipinski definition) is 1. The van der Waals surface area contributed by atoms with Gasteiger partial charge in [0.05, 0.1) is 6.10 Å². The van der Waals surface area contributed by atoms with Gasteiger partial charge in [0.2, 0.25) is 0 Å². The average Bonchev–Trinajstić information content (AvgIpc) is 2.31. The van der Waals surface area contributed by atoms with E-state index in [1.807, 2.05) is 12.1 Å². The molecule has 1 unspecified atom stereocenters. The van der Waals surface area contributed by atoms with Gasteiger partial charge in [-0.15, -0.1) is 0 Å². The Labute approximate surface area is 115 Å². The first-order chi connectivity index (χ1) is 8.54. The third-order valence-corrected chi connectivity index (χ3v) is 3.08. The Morgan fingerprint density at radius 2 is 1.67 bits per heavy atom. The molecule has 1 N–H and O–H groups in total. The van der Waals surface area contributed by atoms with Crippen molar-refractivity contribution in [3.63, 3.8) is 0 Å². The molecule has 0 radical (unpaired) electrons. The third-order valence-electron chi connectivity index (χ3n) is 2.61. The third kappa shape index (κ3) is 3.45. The lowest BCUT2D eigenvalue weighted by molar-refractivity contribution is 0.178. The van der Waals surface area contributed by atoms with Gasteiger partial charge in [0.1, 0.15) is 5.82 Å². The molecule has 0 heterocycles. The molecule has 0 aliphatic carbocycles. The predicted molar refractivity (Wildman–Crippen MR) is 71.5 cm³/mol. The zero-order valence-electron chi connectivity index (χ0n) is 9.41. The minimum atomic E-state index is -0.792. The second-order valence-electron chi connectivity index (χ2n) is 4.05. The largest absolute Gasteiger partial charge is 0.388 e. The Morgan fingerprint density at radius 1 is 1.00 bits per heavy atom. The molecule has 94 valence electrons. The van der Waals surface area contributed by atoms with E-state index in [2.05, 4.69) is 0 Å². The van der Waals surface area contributed by atoms with E-state index in [0.717, 1.165) is 5.56 Å². The Morgan fingerprint density at radius 3 is 2.28 bits per heavy atom. The summed E-state index contributed by atoms with van der Waals surface area (Å²) < 4.78 is 13.2. The summed E-state index contributed by atoms with van der Waals surface area (Å²) in [6.07, 6.45) is -0.406. The zero-order valence-corrected chi connectivity index (χ0v) is 10.9. The summed E-state index contributed by atoms with van der Waals surface area (Å²) in [6, 6.07) is 11.2. The van der Waals surface area contributed by atoms with Crippen LogP contribution in [-0.4, -0.2) is 5.11 Å². The Kier molecular flexibility index (Phi) is 4.23. The SMILES string of the molecule is OC(Cc1ccc(Cl)cc1)c1cc(F)cc(Cl)c1. The summed E-state index contributed by atoms with van der Waals surface area (Å²) >= 11 is 11.5. The fourth-order valence-corrected chi connectivity index (χ4v) is 2.09. The molecule has 0 aromatic heterocycles. The lowest BCUT2D eigenvalue weighted by atomic mass is 10.0. The average molecular weight is 285 g/mol. The van der Waals surface area contributed by atoms with Crippen molar-refractivity contribution in [2.45, 2.75) is 12.5 Å². The van der Waals surface area contributed by atoms with Crippen LogP contribution in [0.15, 0.2) is 42.5 Å². The molecule has 4 heteroatoms. The number of halogens is 3. The Balaban J connectivity index is 2.16. The topological polar surface area (TPSA) is 20.2 Å². The van der Waals surface area contributed by atoms with Gasteiger partial charge < -0.3 is 5.11 Å². The van der Waals surface area contributed by atoms with Gasteiger partial charge in [-0.2, -0.15) is 0 Å². The van der Waals surface area contributed by atoms with Crippen LogP contribution in [0.5, 0.6) is 0 Å². The maximum absolute atomic E-state index is 13.2. The van der Waals surface area contributed by atoms with Gasteiger partial charge in [0, 0.05) is 16.5 Å². The number of benzene rings is 2. The van der Waals surface area contributed by atoms with E-state index in [1.54, 1.807) is 18.2 Å². The van der Waals surface area contributed by atoms with E-state index in [1.165, 1.54) is 12.1 Å². The number of aliphatic hydroxyl groups is 1. The molecule has 0 saturated heterocycles. The summed E-state index contributed by atoms with van der Waals surface area (Å²) in [6.45, 7) is 0. The van der Waals surface area contributed by atoms with E-state index in [4.69, 9.17) is 23.2 Å². The smallest absolute Gasteiger partial charge is 0.125 e. The van der Waals surface area contributed by atoms with Crippen molar-refractivity contribution in [3.05, 3.63) is 69.5 Å². The molecule has 0 amide bonds. The van der Waals surface area contributed by atoms with Gasteiger partial charge in [-0.25, -0.2) is 4.39 Å². The van der Waals surface area contributed by atoms with Crippen LogP contribution in [-0.2, 0) is 6.42 Å². The van der Waals surface area contributed by atoms with E-state index in [9.17, 15) is 9.50 Å². The van der Waals surface area contributed by atoms with Crippen molar-refractivity contribution < 1.29 is 9.50 Å². The minimum absolute atomic E-state index is 0.278. The van der Waals surface area contributed by atoms with Gasteiger partial charge in [-0.1, -0.05) is 35.3 Å². The lowest BCUT2D eigenvalue weighted by Gasteiger charge is -2.11. The fourth-order valence-electron chi connectivity index (χ4n) is 1.73. The van der Waals surface area contributed by atoms with Crippen LogP contribution in [0.3, 0.4) is 0 Å². The first kappa shape index (κ1) is 13.3. The van der Waals surface area contributed by atoms with Crippen molar-refractivity contribution in [2.24, 2.45) is 0 Å². The van der Waals surface area contributed by atoms with Crippen LogP contribution in [0.25, 0.3) is 0 Å². The van der Waals surface area contributed by atoms with Crippen LogP contribution >= 0.6 is 23.2 Å². The highest BCUT2D eigenvalue weighted by Gasteiger charge is 2.10. The first-order valence-electron chi connectivity index (χ1n) is 5.43. The van der Waals surface area contributed by atoms with E-state index >= 15 is 0 Å². The van der Waals surface area contributed by atoms with Crippen molar-refractivity contribution >= 4 is 23.2 Å². The van der Waals surface area contributed by atoms with E-state index in [-0.39, 0.29) is 5.02 Å². The van der Waals surface area contributed by atoms with Crippen LogP contribution in [0.1, 0.15) is 17.2 Å². The second-order valence-corrected chi connectivity index (χ2v) is 4.92. The first-order valence-corrected chi connectivity index (χ1v) is 6.18. The number of hydrogen-bond acceptors (Lipinski definition) is 1. The maximum atomic E-state index is 13.2. The molecule has 0 aliphatic heterocycles. The van der Waals surface area contributed by atoms with Crippen molar-refractivity contribution in [1.82, 2.24) is 0 Å². The zero-order chi connectivity index (χ0) is 13.1. The van der Waals surface area contributed by atoms with Crippen molar-refractivity contribution in [1.29, 1.82) is 0 Å². The molecule has 2 aromatic carbocycles. The number of aliphatic hydroxyl groups excluding tert-OH is 1. The molecular formula is C14H11Cl2FO. The summed E-state index contributed by atoms with van der Waals surface area (Å²) in [5.74, 6) is -0.451. The highest BCUT2D eigenvalue weighted by atomic mass is 35.5. The minimum Gasteiger partial charge on any atom is -0.388 e. The predicted octanol–water partition coefficient (Wildman–Crippen LogP) is 4.41. The highest BCUT2D eigenvalue weighted by Crippen LogP contribution is 2.23. The maximum Gasteiger partial charge on any atom is 0.125 e. The molecule has 18 heavy (non-hydrogen) atoms. The molecule has 1 atom stereocenters. The molecular weight excluding hydrogens is 274 g/mol. The van der Waals surface area contributed by atoms with E-state index in [0.29, 0.717) is 17.0 Å². The molecule has 0 fully saturated rings. The van der Waals surface area contributed by atoms with Gasteiger partial charge in [0.25, 0.3) is 0 Å². The monoisotopic (exact) mass is 284 g/mol. The summed E-state index contributed by atoms with van der Waals surface area (Å²) in [4.78, 5) is 0. The molecule has 0 spiro atoms. The molecule has 0 aliphatic rings. The molecule has 2 rings (SSSR count). The highest BCUT2D eigenvalue weighted by molar-refractivity contribution is 6.30. The van der Waals surface area contributed by atoms with Crippen LogP contribution in [0, 0.1) is 5.82 Å². The van der Waals surface area contributed by atoms with E-state index < -0.39 is 11.9 Å². The number of rotatable bonds is 3. The summed E-state index contributed by atoms with van der Waals surface area (Å²) in [5.41, 5.74) is 1.39. The van der Waals surface area contributed by atoms with Crippen LogP contribution < -0.4 is 0 Å². The summed E-state index contributed by atoms with van der Waals surface area (Å²) in [5, 5.41) is 11.0. The second kappa shape index (κ2) is 5.70. The van der Waals surface area contributed by atoms with Crippen LogP contribution in [0.4, 0.5) is 4.39 Å². The standard InChI is InChI=1S/C14H11Cl2FO/c15-11-3-1-9(2-4-11)5-14(18)10-6-12(16)8-13(17)7-10/h1-4,6-8,14,18H,5H2. The molecule has 0 bridgehead atoms. The molecule has 1 nitrogen and oxygen atoms in total. The summed E-state index contributed by atoms with van der Waals surface area (Å²) in [7, 11) is 0. The van der Waals surface area contributed by atoms with Gasteiger partial charge >= 0.3 is 0 Å². The molecule has 2 aromatic rings. The Hall–Kier alpha value is -1.09. The van der Waals surface area contributed by atoms with Gasteiger partial charge in [0.15, 0.2) is 0 Å². The normalized spacial score (nSPS) is 12.4. The van der Waals surface area contributed by atoms with Crippen LogP contribution in [0.2, 0.25) is 10.0 Å². The van der Waals surface area contributed by atoms with Gasteiger partial charge in [-0.05, 0) is 41.5 Å². The van der Waals surface area contributed by atoms with Gasteiger partial charge in [-0.3, -0.25) is 0 Å². The Bertz CT molecular complexity index is 520. The van der Waals surface area contributed by atoms with Crippen molar-refractivity contribution in [2.75, 3.05) is 0 Å². The van der Waals surface area contributed by atoms with Crippen molar-refractivity contribution in [3.8, 4) is 0 Å². The fraction of sp³-hybridized carbons (Fsp3) is 0.143. The lowest BCUT2D eigenvalue weighted by Crippen LogP contribution is -2.02.